The second-order valence-corrected chi connectivity index (χ2v) is 4.93. The molecular formula is C13H16ClNO2. The van der Waals surface area contributed by atoms with Gasteiger partial charge in [0.1, 0.15) is 11.1 Å². The van der Waals surface area contributed by atoms with E-state index in [1.54, 1.807) is 0 Å². The Morgan fingerprint density at radius 3 is 2.94 bits per heavy atom. The monoisotopic (exact) mass is 253 g/mol. The molecule has 1 amide bonds. The standard InChI is InChI=1S/C13H16ClNO2/c1-8(2)15-13(16)12(14)10-3-4-11-9(7-10)5-6-17-11/h3-4,7-8,12H,5-6H2,1-2H3,(H,15,16). The van der Waals surface area contributed by atoms with Crippen LogP contribution in [0.15, 0.2) is 18.2 Å². The molecule has 0 bridgehead atoms. The Morgan fingerprint density at radius 2 is 2.24 bits per heavy atom. The molecule has 1 heterocycles. The van der Waals surface area contributed by atoms with E-state index < -0.39 is 5.38 Å². The third-order valence-corrected chi connectivity index (χ3v) is 3.12. The van der Waals surface area contributed by atoms with Gasteiger partial charge in [-0.3, -0.25) is 4.79 Å². The van der Waals surface area contributed by atoms with E-state index in [4.69, 9.17) is 16.3 Å². The molecule has 2 rings (SSSR count). The molecule has 1 N–H and O–H groups in total. The van der Waals surface area contributed by atoms with E-state index in [9.17, 15) is 4.79 Å². The first-order valence-electron chi connectivity index (χ1n) is 5.78. The number of fused-ring (bicyclic) bond motifs is 1. The van der Waals surface area contributed by atoms with Gasteiger partial charge in [-0.15, -0.1) is 11.6 Å². The van der Waals surface area contributed by atoms with Gasteiger partial charge in [-0.1, -0.05) is 6.07 Å². The number of rotatable bonds is 3. The van der Waals surface area contributed by atoms with Crippen molar-refractivity contribution in [3.8, 4) is 5.75 Å². The normalized spacial score (nSPS) is 15.3. The number of amides is 1. The van der Waals surface area contributed by atoms with Crippen molar-refractivity contribution in [3.63, 3.8) is 0 Å². The van der Waals surface area contributed by atoms with Gasteiger partial charge in [0, 0.05) is 12.5 Å². The van der Waals surface area contributed by atoms with Crippen LogP contribution in [-0.2, 0) is 11.2 Å². The van der Waals surface area contributed by atoms with Crippen LogP contribution in [0.3, 0.4) is 0 Å². The van der Waals surface area contributed by atoms with E-state index in [-0.39, 0.29) is 11.9 Å². The van der Waals surface area contributed by atoms with Crippen molar-refractivity contribution in [1.82, 2.24) is 5.32 Å². The molecule has 0 saturated heterocycles. The Morgan fingerprint density at radius 1 is 1.47 bits per heavy atom. The zero-order chi connectivity index (χ0) is 12.4. The summed E-state index contributed by atoms with van der Waals surface area (Å²) in [7, 11) is 0. The van der Waals surface area contributed by atoms with E-state index in [0.717, 1.165) is 23.3 Å². The summed E-state index contributed by atoms with van der Waals surface area (Å²) in [6.07, 6.45) is 0.887. The molecule has 1 aromatic carbocycles. The van der Waals surface area contributed by atoms with Crippen molar-refractivity contribution in [3.05, 3.63) is 29.3 Å². The molecule has 1 aromatic rings. The van der Waals surface area contributed by atoms with Gasteiger partial charge < -0.3 is 10.1 Å². The zero-order valence-corrected chi connectivity index (χ0v) is 10.8. The smallest absolute Gasteiger partial charge is 0.242 e. The fourth-order valence-electron chi connectivity index (χ4n) is 1.87. The van der Waals surface area contributed by atoms with Gasteiger partial charge in [0.05, 0.1) is 6.61 Å². The van der Waals surface area contributed by atoms with Crippen LogP contribution in [0.5, 0.6) is 5.75 Å². The van der Waals surface area contributed by atoms with E-state index in [2.05, 4.69) is 5.32 Å². The summed E-state index contributed by atoms with van der Waals surface area (Å²) in [6, 6.07) is 5.79. The summed E-state index contributed by atoms with van der Waals surface area (Å²) in [5.74, 6) is 0.752. The number of carbonyl (C=O) groups is 1. The lowest BCUT2D eigenvalue weighted by molar-refractivity contribution is -0.121. The maximum Gasteiger partial charge on any atom is 0.242 e. The minimum Gasteiger partial charge on any atom is -0.493 e. The Kier molecular flexibility index (Phi) is 3.57. The minimum absolute atomic E-state index is 0.0986. The van der Waals surface area contributed by atoms with Gasteiger partial charge >= 0.3 is 0 Å². The number of carbonyl (C=O) groups excluding carboxylic acids is 1. The Hall–Kier alpha value is -1.22. The lowest BCUT2D eigenvalue weighted by Crippen LogP contribution is -2.32. The first-order chi connectivity index (χ1) is 8.08. The predicted octanol–water partition coefficient (Wildman–Crippen LogP) is 2.43. The van der Waals surface area contributed by atoms with Crippen molar-refractivity contribution in [2.24, 2.45) is 0 Å². The lowest BCUT2D eigenvalue weighted by Gasteiger charge is -2.13. The summed E-state index contributed by atoms with van der Waals surface area (Å²) in [6.45, 7) is 4.54. The van der Waals surface area contributed by atoms with E-state index >= 15 is 0 Å². The van der Waals surface area contributed by atoms with Crippen LogP contribution in [0.2, 0.25) is 0 Å². The maximum absolute atomic E-state index is 11.8. The molecule has 0 spiro atoms. The van der Waals surface area contributed by atoms with E-state index in [1.165, 1.54) is 0 Å². The molecule has 0 fully saturated rings. The van der Waals surface area contributed by atoms with Gasteiger partial charge in [0.25, 0.3) is 0 Å². The predicted molar refractivity (Wildman–Crippen MR) is 67.5 cm³/mol. The molecule has 17 heavy (non-hydrogen) atoms. The quantitative estimate of drug-likeness (QED) is 0.841. The highest BCUT2D eigenvalue weighted by molar-refractivity contribution is 6.30. The average Bonchev–Trinajstić information content (AvgIpc) is 2.73. The van der Waals surface area contributed by atoms with Gasteiger partial charge in [-0.05, 0) is 37.1 Å². The van der Waals surface area contributed by atoms with Gasteiger partial charge in [-0.2, -0.15) is 0 Å². The minimum atomic E-state index is -0.636. The van der Waals surface area contributed by atoms with Crippen LogP contribution in [-0.4, -0.2) is 18.6 Å². The fraction of sp³-hybridized carbons (Fsp3) is 0.462. The van der Waals surface area contributed by atoms with Crippen molar-refractivity contribution in [1.29, 1.82) is 0 Å². The molecule has 1 unspecified atom stereocenters. The topological polar surface area (TPSA) is 38.3 Å². The van der Waals surface area contributed by atoms with Crippen LogP contribution in [0, 0.1) is 0 Å². The van der Waals surface area contributed by atoms with Gasteiger partial charge in [0.2, 0.25) is 5.91 Å². The number of hydrogen-bond acceptors (Lipinski definition) is 2. The highest BCUT2D eigenvalue weighted by Crippen LogP contribution is 2.30. The molecule has 1 aliphatic rings. The molecule has 0 aliphatic carbocycles. The number of benzene rings is 1. The summed E-state index contributed by atoms with van der Waals surface area (Å²) in [5.41, 5.74) is 1.96. The second kappa shape index (κ2) is 4.96. The third kappa shape index (κ3) is 2.72. The van der Waals surface area contributed by atoms with Crippen LogP contribution in [0.4, 0.5) is 0 Å². The van der Waals surface area contributed by atoms with Gasteiger partial charge in [0.15, 0.2) is 0 Å². The number of halogens is 1. The van der Waals surface area contributed by atoms with Crippen molar-refractivity contribution in [2.75, 3.05) is 6.61 Å². The largest absolute Gasteiger partial charge is 0.493 e. The molecule has 0 radical (unpaired) electrons. The first-order valence-corrected chi connectivity index (χ1v) is 6.21. The molecule has 4 heteroatoms. The van der Waals surface area contributed by atoms with Crippen LogP contribution in [0.25, 0.3) is 0 Å². The molecule has 0 saturated carbocycles. The molecule has 1 aliphatic heterocycles. The van der Waals surface area contributed by atoms with Crippen molar-refractivity contribution >= 4 is 17.5 Å². The zero-order valence-electron chi connectivity index (χ0n) is 10.00. The SMILES string of the molecule is CC(C)NC(=O)C(Cl)c1ccc2c(c1)CCO2. The third-order valence-electron chi connectivity index (χ3n) is 2.67. The molecule has 92 valence electrons. The highest BCUT2D eigenvalue weighted by atomic mass is 35.5. The summed E-state index contributed by atoms with van der Waals surface area (Å²) in [5, 5.41) is 2.17. The van der Waals surface area contributed by atoms with Crippen LogP contribution in [0.1, 0.15) is 30.4 Å². The first kappa shape index (κ1) is 12.2. The number of hydrogen-bond donors (Lipinski definition) is 1. The molecular weight excluding hydrogens is 238 g/mol. The van der Waals surface area contributed by atoms with Gasteiger partial charge in [-0.25, -0.2) is 0 Å². The summed E-state index contributed by atoms with van der Waals surface area (Å²) < 4.78 is 5.41. The molecule has 0 aromatic heterocycles. The Balaban J connectivity index is 2.14. The maximum atomic E-state index is 11.8. The molecule has 1 atom stereocenters. The summed E-state index contributed by atoms with van der Waals surface area (Å²) in [4.78, 5) is 11.8. The van der Waals surface area contributed by atoms with Crippen molar-refractivity contribution in [2.45, 2.75) is 31.7 Å². The van der Waals surface area contributed by atoms with E-state index in [0.29, 0.717) is 6.61 Å². The average molecular weight is 254 g/mol. The second-order valence-electron chi connectivity index (χ2n) is 4.49. The summed E-state index contributed by atoms with van der Waals surface area (Å²) >= 11 is 6.15. The number of alkyl halides is 1. The number of ether oxygens (including phenoxy) is 1. The lowest BCUT2D eigenvalue weighted by atomic mass is 10.1. The highest BCUT2D eigenvalue weighted by Gasteiger charge is 2.21. The van der Waals surface area contributed by atoms with Crippen molar-refractivity contribution < 1.29 is 9.53 Å². The fourth-order valence-corrected chi connectivity index (χ4v) is 2.07. The Bertz CT molecular complexity index is 431. The van der Waals surface area contributed by atoms with Crippen LogP contribution >= 0.6 is 11.6 Å². The van der Waals surface area contributed by atoms with Crippen LogP contribution < -0.4 is 10.1 Å². The number of nitrogens with one attached hydrogen (secondary N) is 1. The molecule has 3 nitrogen and oxygen atoms in total. The Labute approximate surface area is 106 Å². The van der Waals surface area contributed by atoms with E-state index in [1.807, 2.05) is 32.0 Å².